The van der Waals surface area contributed by atoms with Crippen LogP contribution in [-0.4, -0.2) is 50.2 Å². The van der Waals surface area contributed by atoms with Crippen molar-refractivity contribution in [3.05, 3.63) is 66.4 Å². The van der Waals surface area contributed by atoms with Crippen LogP contribution < -0.4 is 4.90 Å². The molecule has 0 radical (unpaired) electrons. The zero-order valence-electron chi connectivity index (χ0n) is 14.8. The number of amides is 1. The van der Waals surface area contributed by atoms with Gasteiger partial charge in [0.2, 0.25) is 0 Å². The second-order valence-electron chi connectivity index (χ2n) is 6.53. The lowest BCUT2D eigenvalue weighted by Crippen LogP contribution is -2.42. The summed E-state index contributed by atoms with van der Waals surface area (Å²) in [6.45, 7) is 3.45. The summed E-state index contributed by atoms with van der Waals surface area (Å²) < 4.78 is 1.55. The van der Waals surface area contributed by atoms with Crippen molar-refractivity contribution in [2.45, 2.75) is 19.5 Å². The lowest BCUT2D eigenvalue weighted by molar-refractivity contribution is 0.0687. The standard InChI is InChI=1S/C19H20N6O/c1-14-10-23(2)17-6-4-3-5-16(17)11-24(14)19(26)15-7-8-21-18(9-15)25-13-20-12-22-25/h3-9,12-14H,10-11H2,1-2H3/t14-/m1/s1. The molecule has 132 valence electrons. The number of hydrogen-bond donors (Lipinski definition) is 0. The molecule has 0 aliphatic carbocycles. The van der Waals surface area contributed by atoms with Gasteiger partial charge in [0, 0.05) is 43.6 Å². The van der Waals surface area contributed by atoms with Gasteiger partial charge >= 0.3 is 0 Å². The van der Waals surface area contributed by atoms with E-state index in [-0.39, 0.29) is 11.9 Å². The Balaban J connectivity index is 1.67. The van der Waals surface area contributed by atoms with E-state index in [9.17, 15) is 4.79 Å². The van der Waals surface area contributed by atoms with Crippen molar-refractivity contribution < 1.29 is 4.79 Å². The molecule has 1 atom stereocenters. The summed E-state index contributed by atoms with van der Waals surface area (Å²) in [6, 6.07) is 11.8. The van der Waals surface area contributed by atoms with Crippen LogP contribution >= 0.6 is 0 Å². The van der Waals surface area contributed by atoms with Crippen molar-refractivity contribution in [3.63, 3.8) is 0 Å². The molecule has 4 rings (SSSR count). The smallest absolute Gasteiger partial charge is 0.254 e. The van der Waals surface area contributed by atoms with Gasteiger partial charge in [0.15, 0.2) is 5.82 Å². The number of para-hydroxylation sites is 1. The lowest BCUT2D eigenvalue weighted by atomic mass is 10.1. The Bertz CT molecular complexity index is 923. The van der Waals surface area contributed by atoms with E-state index in [2.05, 4.69) is 46.1 Å². The van der Waals surface area contributed by atoms with E-state index in [4.69, 9.17) is 0 Å². The number of likely N-dealkylation sites (N-methyl/N-ethyl adjacent to an activating group) is 1. The fourth-order valence-electron chi connectivity index (χ4n) is 3.39. The van der Waals surface area contributed by atoms with Crippen LogP contribution in [-0.2, 0) is 6.54 Å². The number of anilines is 1. The van der Waals surface area contributed by atoms with Crippen LogP contribution in [0.4, 0.5) is 5.69 Å². The van der Waals surface area contributed by atoms with Crippen LogP contribution in [0.2, 0.25) is 0 Å². The minimum atomic E-state index is -0.00799. The van der Waals surface area contributed by atoms with Crippen LogP contribution in [0.15, 0.2) is 55.2 Å². The second kappa shape index (κ2) is 6.59. The summed E-state index contributed by atoms with van der Waals surface area (Å²) in [5.74, 6) is 0.569. The fraction of sp³-hybridized carbons (Fsp3) is 0.263. The molecule has 3 heterocycles. The molecule has 1 aliphatic heterocycles. The molecule has 0 N–H and O–H groups in total. The summed E-state index contributed by atoms with van der Waals surface area (Å²) in [5, 5.41) is 4.08. The number of carbonyl (C=O) groups is 1. The molecule has 0 unspecified atom stereocenters. The monoisotopic (exact) mass is 348 g/mol. The van der Waals surface area contributed by atoms with E-state index >= 15 is 0 Å². The van der Waals surface area contributed by atoms with Gasteiger partial charge in [0.05, 0.1) is 0 Å². The molecule has 3 aromatic rings. The number of benzene rings is 1. The molecule has 7 heteroatoms. The van der Waals surface area contributed by atoms with Gasteiger partial charge in [-0.3, -0.25) is 4.79 Å². The van der Waals surface area contributed by atoms with Crippen LogP contribution in [0.5, 0.6) is 0 Å². The van der Waals surface area contributed by atoms with Gasteiger partial charge in [-0.1, -0.05) is 18.2 Å². The largest absolute Gasteiger partial charge is 0.372 e. The van der Waals surface area contributed by atoms with Gasteiger partial charge in [-0.05, 0) is 30.7 Å². The van der Waals surface area contributed by atoms with Crippen molar-refractivity contribution in [2.24, 2.45) is 0 Å². The van der Waals surface area contributed by atoms with Crippen LogP contribution in [0.1, 0.15) is 22.8 Å². The number of rotatable bonds is 2. The number of pyridine rings is 1. The van der Waals surface area contributed by atoms with E-state index in [1.165, 1.54) is 12.0 Å². The Morgan fingerprint density at radius 2 is 2.08 bits per heavy atom. The summed E-state index contributed by atoms with van der Waals surface area (Å²) in [7, 11) is 2.07. The molecule has 0 spiro atoms. The molecule has 7 nitrogen and oxygen atoms in total. The maximum atomic E-state index is 13.2. The first-order chi connectivity index (χ1) is 12.6. The summed E-state index contributed by atoms with van der Waals surface area (Å²) >= 11 is 0. The Hall–Kier alpha value is -3.22. The SMILES string of the molecule is C[C@@H]1CN(C)c2ccccc2CN1C(=O)c1ccnc(-n2cncn2)c1. The number of hydrogen-bond acceptors (Lipinski definition) is 5. The van der Waals surface area contributed by atoms with E-state index in [0.29, 0.717) is 17.9 Å². The van der Waals surface area contributed by atoms with E-state index in [0.717, 1.165) is 12.1 Å². The van der Waals surface area contributed by atoms with Crippen LogP contribution in [0.3, 0.4) is 0 Å². The molecule has 0 bridgehead atoms. The maximum Gasteiger partial charge on any atom is 0.254 e. The number of fused-ring (bicyclic) bond motifs is 1. The molecule has 0 fully saturated rings. The maximum absolute atomic E-state index is 13.2. The molecular formula is C19H20N6O. The van der Waals surface area contributed by atoms with Crippen LogP contribution in [0, 0.1) is 0 Å². The highest BCUT2D eigenvalue weighted by molar-refractivity contribution is 5.95. The molecule has 0 saturated carbocycles. The summed E-state index contributed by atoms with van der Waals surface area (Å²) in [6.07, 6.45) is 4.64. The van der Waals surface area contributed by atoms with Crippen LogP contribution in [0.25, 0.3) is 5.82 Å². The van der Waals surface area contributed by atoms with Crippen molar-refractivity contribution in [3.8, 4) is 5.82 Å². The van der Waals surface area contributed by atoms with Gasteiger partial charge in [-0.2, -0.15) is 5.10 Å². The predicted molar refractivity (Wildman–Crippen MR) is 98.2 cm³/mol. The third-order valence-electron chi connectivity index (χ3n) is 4.72. The Morgan fingerprint density at radius 3 is 2.88 bits per heavy atom. The Labute approximate surface area is 151 Å². The van der Waals surface area contributed by atoms with Gasteiger partial charge in [-0.15, -0.1) is 0 Å². The Kier molecular flexibility index (Phi) is 4.12. The van der Waals surface area contributed by atoms with Gasteiger partial charge in [0.25, 0.3) is 5.91 Å². The quantitative estimate of drug-likeness (QED) is 0.710. The minimum Gasteiger partial charge on any atom is -0.372 e. The molecule has 1 aliphatic rings. The highest BCUT2D eigenvalue weighted by Crippen LogP contribution is 2.27. The van der Waals surface area contributed by atoms with Gasteiger partial charge < -0.3 is 9.80 Å². The highest BCUT2D eigenvalue weighted by Gasteiger charge is 2.27. The van der Waals surface area contributed by atoms with Crippen molar-refractivity contribution in [1.29, 1.82) is 0 Å². The summed E-state index contributed by atoms with van der Waals surface area (Å²) in [4.78, 5) is 25.6. The molecular weight excluding hydrogens is 328 g/mol. The first-order valence-corrected chi connectivity index (χ1v) is 8.54. The van der Waals surface area contributed by atoms with Gasteiger partial charge in [-0.25, -0.2) is 14.6 Å². The zero-order valence-corrected chi connectivity index (χ0v) is 14.8. The van der Waals surface area contributed by atoms with Gasteiger partial charge in [0.1, 0.15) is 12.7 Å². The zero-order chi connectivity index (χ0) is 18.1. The highest BCUT2D eigenvalue weighted by atomic mass is 16.2. The number of aromatic nitrogens is 4. The third-order valence-corrected chi connectivity index (χ3v) is 4.72. The van der Waals surface area contributed by atoms with Crippen molar-refractivity contribution >= 4 is 11.6 Å². The Morgan fingerprint density at radius 1 is 1.23 bits per heavy atom. The first kappa shape index (κ1) is 16.3. The molecule has 1 amide bonds. The first-order valence-electron chi connectivity index (χ1n) is 8.54. The van der Waals surface area contributed by atoms with E-state index in [1.807, 2.05) is 17.0 Å². The third kappa shape index (κ3) is 2.92. The lowest BCUT2D eigenvalue weighted by Gasteiger charge is -2.28. The average Bonchev–Trinajstić information content (AvgIpc) is 3.16. The predicted octanol–water partition coefficient (Wildman–Crippen LogP) is 2.14. The summed E-state index contributed by atoms with van der Waals surface area (Å²) in [5.41, 5.74) is 2.92. The second-order valence-corrected chi connectivity index (χ2v) is 6.53. The van der Waals surface area contributed by atoms with Crippen molar-refractivity contribution in [1.82, 2.24) is 24.6 Å². The topological polar surface area (TPSA) is 67.2 Å². The molecule has 0 saturated heterocycles. The molecule has 1 aromatic carbocycles. The van der Waals surface area contributed by atoms with Crippen molar-refractivity contribution in [2.75, 3.05) is 18.5 Å². The van der Waals surface area contributed by atoms with E-state index < -0.39 is 0 Å². The number of nitrogens with zero attached hydrogens (tertiary/aromatic N) is 6. The molecule has 2 aromatic heterocycles. The average molecular weight is 348 g/mol. The number of carbonyl (C=O) groups excluding carboxylic acids is 1. The minimum absolute atomic E-state index is 0.00799. The molecule has 26 heavy (non-hydrogen) atoms. The fourth-order valence-corrected chi connectivity index (χ4v) is 3.39. The van der Waals surface area contributed by atoms with E-state index in [1.54, 1.807) is 29.3 Å². The normalized spacial score (nSPS) is 16.9.